The van der Waals surface area contributed by atoms with Gasteiger partial charge in [-0.25, -0.2) is 9.78 Å². The maximum atomic E-state index is 12.6. The molecule has 1 fully saturated rings. The molecule has 0 unspecified atom stereocenters. The van der Waals surface area contributed by atoms with Crippen molar-refractivity contribution in [3.05, 3.63) is 52.0 Å². The largest absolute Gasteiger partial charge is 0.379 e. The van der Waals surface area contributed by atoms with Gasteiger partial charge in [0.2, 0.25) is 0 Å². The van der Waals surface area contributed by atoms with Crippen molar-refractivity contribution in [2.24, 2.45) is 0 Å². The first-order valence-corrected chi connectivity index (χ1v) is 10.6. The molecule has 0 atom stereocenters. The first-order chi connectivity index (χ1) is 14.1. The molecule has 1 aromatic carbocycles. The van der Waals surface area contributed by atoms with Gasteiger partial charge in [0.25, 0.3) is 0 Å². The number of hydrogen-bond acceptors (Lipinski definition) is 4. The number of rotatable bonds is 8. The van der Waals surface area contributed by atoms with E-state index in [1.165, 1.54) is 0 Å². The lowest BCUT2D eigenvalue weighted by molar-refractivity contribution is 0.0345. The van der Waals surface area contributed by atoms with E-state index in [1.807, 2.05) is 29.8 Å². The van der Waals surface area contributed by atoms with E-state index in [-0.39, 0.29) is 6.03 Å². The third-order valence-electron chi connectivity index (χ3n) is 4.89. The molecule has 0 spiro atoms. The molecule has 1 aliphatic heterocycles. The summed E-state index contributed by atoms with van der Waals surface area (Å²) in [5.74, 6) is 0.809. The van der Waals surface area contributed by atoms with Crippen molar-refractivity contribution < 1.29 is 9.53 Å². The van der Waals surface area contributed by atoms with Crippen molar-refractivity contribution >= 4 is 29.2 Å². The molecule has 0 radical (unpaired) electrons. The molecule has 158 valence electrons. The number of halogens is 2. The van der Waals surface area contributed by atoms with Crippen LogP contribution in [-0.4, -0.2) is 71.3 Å². The zero-order valence-corrected chi connectivity index (χ0v) is 18.1. The standard InChI is InChI=1S/C20H27Cl2N5O2/c1-2-23-20(28)27(8-7-25-9-11-29-12-10-25)15-19-24-5-6-26(19)14-16-3-4-17(21)13-18(16)22/h3-6,13H,2,7-12,14-15H2,1H3,(H,23,28). The summed E-state index contributed by atoms with van der Waals surface area (Å²) in [6.45, 7) is 8.21. The Morgan fingerprint density at radius 1 is 1.31 bits per heavy atom. The van der Waals surface area contributed by atoms with Gasteiger partial charge >= 0.3 is 6.03 Å². The maximum absolute atomic E-state index is 12.6. The van der Waals surface area contributed by atoms with Crippen LogP contribution in [0.3, 0.4) is 0 Å². The summed E-state index contributed by atoms with van der Waals surface area (Å²) < 4.78 is 7.41. The number of ether oxygens (including phenoxy) is 1. The Kier molecular flexibility index (Phi) is 8.18. The second-order valence-corrected chi connectivity index (χ2v) is 7.76. The van der Waals surface area contributed by atoms with Gasteiger partial charge < -0.3 is 19.5 Å². The highest BCUT2D eigenvalue weighted by atomic mass is 35.5. The Bertz CT molecular complexity index is 808. The topological polar surface area (TPSA) is 62.6 Å². The molecule has 2 aromatic rings. The van der Waals surface area contributed by atoms with Gasteiger partial charge in [-0.05, 0) is 24.6 Å². The van der Waals surface area contributed by atoms with Crippen LogP contribution in [0.15, 0.2) is 30.6 Å². The van der Waals surface area contributed by atoms with E-state index in [1.54, 1.807) is 17.2 Å². The predicted molar refractivity (Wildman–Crippen MR) is 115 cm³/mol. The summed E-state index contributed by atoms with van der Waals surface area (Å²) in [6, 6.07) is 5.38. The zero-order chi connectivity index (χ0) is 20.6. The average Bonchev–Trinajstić information content (AvgIpc) is 3.15. The van der Waals surface area contributed by atoms with Crippen LogP contribution in [0.2, 0.25) is 10.0 Å². The van der Waals surface area contributed by atoms with Crippen LogP contribution in [0.25, 0.3) is 0 Å². The lowest BCUT2D eigenvalue weighted by Gasteiger charge is -2.30. The van der Waals surface area contributed by atoms with Gasteiger partial charge in [0.1, 0.15) is 5.82 Å². The van der Waals surface area contributed by atoms with Gasteiger partial charge in [-0.3, -0.25) is 4.90 Å². The summed E-state index contributed by atoms with van der Waals surface area (Å²) in [5.41, 5.74) is 0.952. The van der Waals surface area contributed by atoms with E-state index in [2.05, 4.69) is 15.2 Å². The average molecular weight is 440 g/mol. The van der Waals surface area contributed by atoms with Crippen LogP contribution in [0, 0.1) is 0 Å². The Hall–Kier alpha value is -1.80. The van der Waals surface area contributed by atoms with Gasteiger partial charge in [0.15, 0.2) is 0 Å². The molecule has 0 bridgehead atoms. The van der Waals surface area contributed by atoms with Gasteiger partial charge in [-0.15, -0.1) is 0 Å². The first kappa shape index (κ1) is 21.9. The number of aromatic nitrogens is 2. The number of morpholine rings is 1. The quantitative estimate of drug-likeness (QED) is 0.686. The number of hydrogen-bond donors (Lipinski definition) is 1. The SMILES string of the molecule is CCNC(=O)N(CCN1CCOCC1)Cc1nccn1Cc1ccc(Cl)cc1Cl. The van der Waals surface area contributed by atoms with Crippen LogP contribution >= 0.6 is 23.2 Å². The lowest BCUT2D eigenvalue weighted by atomic mass is 10.2. The second kappa shape index (κ2) is 10.8. The van der Waals surface area contributed by atoms with Crippen LogP contribution in [0.5, 0.6) is 0 Å². The molecule has 3 rings (SSSR count). The molecule has 2 amide bonds. The highest BCUT2D eigenvalue weighted by Gasteiger charge is 2.19. The number of urea groups is 1. The molecule has 1 aliphatic rings. The number of amides is 2. The molecule has 7 nitrogen and oxygen atoms in total. The molecule has 9 heteroatoms. The number of nitrogens with zero attached hydrogens (tertiary/aromatic N) is 4. The summed E-state index contributed by atoms with van der Waals surface area (Å²) in [6.07, 6.45) is 3.65. The number of nitrogens with one attached hydrogen (secondary N) is 1. The van der Waals surface area contributed by atoms with Crippen molar-refractivity contribution in [2.45, 2.75) is 20.0 Å². The molecule has 1 N–H and O–H groups in total. The summed E-state index contributed by atoms with van der Waals surface area (Å²) in [4.78, 5) is 21.2. The van der Waals surface area contributed by atoms with Gasteiger partial charge in [-0.1, -0.05) is 29.3 Å². The summed E-state index contributed by atoms with van der Waals surface area (Å²) in [7, 11) is 0. The van der Waals surface area contributed by atoms with Crippen molar-refractivity contribution in [2.75, 3.05) is 45.9 Å². The molecule has 0 aliphatic carbocycles. The second-order valence-electron chi connectivity index (χ2n) is 6.92. The predicted octanol–water partition coefficient (Wildman–Crippen LogP) is 3.10. The molecule has 0 saturated carbocycles. The molecule has 1 saturated heterocycles. The van der Waals surface area contributed by atoms with Crippen molar-refractivity contribution in [1.29, 1.82) is 0 Å². The third kappa shape index (κ3) is 6.34. The molecule has 2 heterocycles. The minimum Gasteiger partial charge on any atom is -0.379 e. The molecular formula is C20H27Cl2N5O2. The zero-order valence-electron chi connectivity index (χ0n) is 16.6. The third-order valence-corrected chi connectivity index (χ3v) is 5.48. The van der Waals surface area contributed by atoms with Crippen LogP contribution < -0.4 is 5.32 Å². The van der Waals surface area contributed by atoms with E-state index in [4.69, 9.17) is 27.9 Å². The monoisotopic (exact) mass is 439 g/mol. The lowest BCUT2D eigenvalue weighted by Crippen LogP contribution is -2.46. The summed E-state index contributed by atoms with van der Waals surface area (Å²) >= 11 is 12.3. The normalized spacial score (nSPS) is 14.7. The van der Waals surface area contributed by atoms with Gasteiger partial charge in [-0.2, -0.15) is 0 Å². The van der Waals surface area contributed by atoms with Crippen LogP contribution in [0.4, 0.5) is 4.79 Å². The van der Waals surface area contributed by atoms with Gasteiger partial charge in [0.05, 0.1) is 26.3 Å². The molecular weight excluding hydrogens is 413 g/mol. The van der Waals surface area contributed by atoms with E-state index in [0.717, 1.165) is 44.2 Å². The Balaban J connectivity index is 1.68. The van der Waals surface area contributed by atoms with E-state index in [0.29, 0.717) is 36.2 Å². The van der Waals surface area contributed by atoms with Crippen molar-refractivity contribution in [3.8, 4) is 0 Å². The Morgan fingerprint density at radius 2 is 2.10 bits per heavy atom. The first-order valence-electron chi connectivity index (χ1n) is 9.83. The fourth-order valence-corrected chi connectivity index (χ4v) is 3.71. The minimum atomic E-state index is -0.0835. The molecule has 29 heavy (non-hydrogen) atoms. The van der Waals surface area contributed by atoms with Crippen molar-refractivity contribution in [3.63, 3.8) is 0 Å². The highest BCUT2D eigenvalue weighted by Crippen LogP contribution is 2.22. The smallest absolute Gasteiger partial charge is 0.317 e. The number of carbonyl (C=O) groups is 1. The minimum absolute atomic E-state index is 0.0835. The Morgan fingerprint density at radius 3 is 2.83 bits per heavy atom. The fourth-order valence-electron chi connectivity index (χ4n) is 3.24. The van der Waals surface area contributed by atoms with Crippen LogP contribution in [0.1, 0.15) is 18.3 Å². The molecule has 1 aromatic heterocycles. The van der Waals surface area contributed by atoms with Crippen LogP contribution in [-0.2, 0) is 17.8 Å². The number of imidazole rings is 1. The number of carbonyl (C=O) groups excluding carboxylic acids is 1. The van der Waals surface area contributed by atoms with Gasteiger partial charge in [0, 0.05) is 55.2 Å². The summed E-state index contributed by atoms with van der Waals surface area (Å²) in [5, 5.41) is 4.12. The fraction of sp³-hybridized carbons (Fsp3) is 0.500. The number of benzene rings is 1. The van der Waals surface area contributed by atoms with E-state index in [9.17, 15) is 4.79 Å². The van der Waals surface area contributed by atoms with Crippen molar-refractivity contribution in [1.82, 2.24) is 24.7 Å². The maximum Gasteiger partial charge on any atom is 0.317 e. The Labute approximate surface area is 181 Å². The van der Waals surface area contributed by atoms with E-state index >= 15 is 0 Å². The highest BCUT2D eigenvalue weighted by molar-refractivity contribution is 6.35. The van der Waals surface area contributed by atoms with E-state index < -0.39 is 0 Å².